The SMILES string of the molecule is C=C(C)c1ccccc1.CC.CC.CC.CC.Cc1ccc(/C=N/O)cc1.Cc1ccc(C2=NOC(C)(c3ccccc3)C2)cc1.II. The number of oxime groups is 2. The van der Waals surface area contributed by atoms with Crippen LogP contribution >= 0.6 is 37.2 Å². The van der Waals surface area contributed by atoms with Gasteiger partial charge in [0, 0.05) is 43.7 Å². The second-order valence-electron chi connectivity index (χ2n) is 9.57. The maximum Gasteiger partial charge on any atom is 0.165 e. The van der Waals surface area contributed by atoms with Gasteiger partial charge in [-0.2, -0.15) is 0 Å². The molecule has 0 spiro atoms. The molecule has 0 aliphatic carbocycles. The van der Waals surface area contributed by atoms with Gasteiger partial charge >= 0.3 is 0 Å². The van der Waals surface area contributed by atoms with Gasteiger partial charge in [0.25, 0.3) is 0 Å². The number of hydrogen-bond acceptors (Lipinski definition) is 4. The van der Waals surface area contributed by atoms with Crippen molar-refractivity contribution in [3.63, 3.8) is 0 Å². The van der Waals surface area contributed by atoms with Gasteiger partial charge in [0.05, 0.1) is 11.9 Å². The lowest BCUT2D eigenvalue weighted by atomic mass is 9.89. The van der Waals surface area contributed by atoms with Crippen LogP contribution in [0.2, 0.25) is 0 Å². The average molecular weight is 879 g/mol. The van der Waals surface area contributed by atoms with Crippen LogP contribution in [-0.4, -0.2) is 17.1 Å². The second-order valence-corrected chi connectivity index (χ2v) is 9.57. The molecule has 1 unspecified atom stereocenters. The summed E-state index contributed by atoms with van der Waals surface area (Å²) in [5.74, 6) is 0. The fourth-order valence-corrected chi connectivity index (χ4v) is 3.83. The van der Waals surface area contributed by atoms with E-state index in [2.05, 4.69) is 117 Å². The molecule has 4 aromatic carbocycles. The molecule has 1 N–H and O–H groups in total. The van der Waals surface area contributed by atoms with E-state index in [1.165, 1.54) is 28.5 Å². The molecule has 1 atom stereocenters. The first kappa shape index (κ1) is 49.4. The lowest BCUT2D eigenvalue weighted by Gasteiger charge is -2.21. The molecule has 0 saturated carbocycles. The Kier molecular flexibility index (Phi) is 33.5. The second kappa shape index (κ2) is 32.6. The van der Waals surface area contributed by atoms with Gasteiger partial charge in [0.15, 0.2) is 5.60 Å². The number of allylic oxidation sites excluding steroid dienone is 1. The van der Waals surface area contributed by atoms with E-state index in [9.17, 15) is 0 Å². The van der Waals surface area contributed by atoms with Crippen molar-refractivity contribution < 1.29 is 10.0 Å². The molecule has 4 aromatic rings. The molecule has 6 heteroatoms. The van der Waals surface area contributed by atoms with E-state index in [4.69, 9.17) is 10.0 Å². The topological polar surface area (TPSA) is 54.2 Å². The van der Waals surface area contributed by atoms with E-state index >= 15 is 0 Å². The summed E-state index contributed by atoms with van der Waals surface area (Å²) in [6.45, 7) is 28.0. The Labute approximate surface area is 317 Å². The highest BCUT2D eigenvalue weighted by Gasteiger charge is 2.36. The molecular formula is C42H60I2N2O2. The van der Waals surface area contributed by atoms with Crippen molar-refractivity contribution in [2.24, 2.45) is 10.3 Å². The Hall–Kier alpha value is -2.98. The van der Waals surface area contributed by atoms with Crippen molar-refractivity contribution in [3.8, 4) is 0 Å². The highest BCUT2D eigenvalue weighted by atomic mass is 128. The Morgan fingerprint density at radius 2 is 1.15 bits per heavy atom. The van der Waals surface area contributed by atoms with Crippen LogP contribution in [0.25, 0.3) is 5.57 Å². The molecule has 0 bridgehead atoms. The van der Waals surface area contributed by atoms with Crippen LogP contribution in [-0.2, 0) is 10.4 Å². The summed E-state index contributed by atoms with van der Waals surface area (Å²) in [4.78, 5) is 5.71. The zero-order valence-corrected chi connectivity index (χ0v) is 35.7. The molecule has 1 aliphatic rings. The summed E-state index contributed by atoms with van der Waals surface area (Å²) >= 11 is 4.24. The van der Waals surface area contributed by atoms with E-state index in [0.29, 0.717) is 0 Å². The van der Waals surface area contributed by atoms with Crippen LogP contribution in [0.3, 0.4) is 0 Å². The molecule has 0 radical (unpaired) electrons. The summed E-state index contributed by atoms with van der Waals surface area (Å²) in [7, 11) is 0. The molecule has 0 fully saturated rings. The number of nitrogens with zero attached hydrogens (tertiary/aromatic N) is 2. The molecule has 1 aliphatic heterocycles. The standard InChI is InChI=1S/C17H17NO.C9H10.C8H9NO.4C2H6.I2/c1-13-8-10-14(11-9-13)16-12-17(2,19-18-16)15-6-4-3-5-7-15;1-8(2)9-6-4-3-5-7-9;1-7-2-4-8(5-3-7)6-9-10;5*1-2/h3-11H,12H2,1-2H3;3-7H,1H2,2H3;2-6,10H,1H3;4*1-2H3;/b;;9-6+;;;;;. The number of rotatable bonds is 4. The van der Waals surface area contributed by atoms with Crippen molar-refractivity contribution in [1.82, 2.24) is 0 Å². The first-order chi connectivity index (χ1) is 23.3. The lowest BCUT2D eigenvalue weighted by molar-refractivity contribution is -0.00738. The van der Waals surface area contributed by atoms with Gasteiger partial charge in [-0.1, -0.05) is 198 Å². The minimum absolute atomic E-state index is 0.346. The van der Waals surface area contributed by atoms with E-state index < -0.39 is 0 Å². The average Bonchev–Trinajstić information content (AvgIpc) is 3.58. The summed E-state index contributed by atoms with van der Waals surface area (Å²) in [6, 6.07) is 36.6. The van der Waals surface area contributed by atoms with E-state index in [1.54, 1.807) is 0 Å². The maximum atomic E-state index is 8.16. The van der Waals surface area contributed by atoms with Crippen molar-refractivity contribution >= 4 is 54.7 Å². The molecule has 4 nitrogen and oxygen atoms in total. The van der Waals surface area contributed by atoms with E-state index in [0.717, 1.165) is 28.8 Å². The molecule has 0 saturated heterocycles. The largest absolute Gasteiger partial charge is 0.411 e. The quantitative estimate of drug-likeness (QED) is 0.0961. The van der Waals surface area contributed by atoms with Crippen LogP contribution in [0.1, 0.15) is 109 Å². The summed E-state index contributed by atoms with van der Waals surface area (Å²) in [5.41, 5.74) is 8.70. The molecule has 264 valence electrons. The number of halogens is 2. The zero-order chi connectivity index (χ0) is 37.4. The molecular weight excluding hydrogens is 818 g/mol. The lowest BCUT2D eigenvalue weighted by Crippen LogP contribution is -2.21. The van der Waals surface area contributed by atoms with Crippen LogP contribution < -0.4 is 0 Å². The first-order valence-electron chi connectivity index (χ1n) is 16.8. The van der Waals surface area contributed by atoms with Crippen molar-refractivity contribution in [3.05, 3.63) is 149 Å². The molecule has 0 amide bonds. The van der Waals surface area contributed by atoms with Gasteiger partial charge in [-0.25, -0.2) is 0 Å². The molecule has 0 aromatic heterocycles. The molecule has 5 rings (SSSR count). The van der Waals surface area contributed by atoms with Crippen LogP contribution in [0, 0.1) is 13.8 Å². The monoisotopic (exact) mass is 878 g/mol. The van der Waals surface area contributed by atoms with Crippen molar-refractivity contribution in [1.29, 1.82) is 0 Å². The maximum absolute atomic E-state index is 8.16. The minimum atomic E-state index is -0.346. The zero-order valence-electron chi connectivity index (χ0n) is 31.4. The summed E-state index contributed by atoms with van der Waals surface area (Å²) in [6.07, 6.45) is 2.21. The predicted octanol–water partition coefficient (Wildman–Crippen LogP) is 14.4. The third kappa shape index (κ3) is 20.4. The molecule has 1 heterocycles. The van der Waals surface area contributed by atoms with Crippen molar-refractivity contribution in [2.45, 2.75) is 95.1 Å². The Morgan fingerprint density at radius 3 is 1.54 bits per heavy atom. The highest BCUT2D eigenvalue weighted by Crippen LogP contribution is 2.35. The van der Waals surface area contributed by atoms with Gasteiger partial charge in [-0.05, 0) is 49.9 Å². The van der Waals surface area contributed by atoms with Gasteiger partial charge in [-0.3, -0.25) is 0 Å². The van der Waals surface area contributed by atoms with Gasteiger partial charge in [0.2, 0.25) is 0 Å². The van der Waals surface area contributed by atoms with E-state index in [1.807, 2.05) is 130 Å². The van der Waals surface area contributed by atoms with Gasteiger partial charge in [0.1, 0.15) is 0 Å². The van der Waals surface area contributed by atoms with Gasteiger partial charge < -0.3 is 10.0 Å². The smallest absolute Gasteiger partial charge is 0.165 e. The predicted molar refractivity (Wildman–Crippen MR) is 232 cm³/mol. The fraction of sp³-hybridized carbons (Fsp3) is 0.333. The van der Waals surface area contributed by atoms with Crippen LogP contribution in [0.15, 0.2) is 126 Å². The van der Waals surface area contributed by atoms with Gasteiger partial charge in [-0.15, -0.1) is 0 Å². The van der Waals surface area contributed by atoms with Crippen molar-refractivity contribution in [2.75, 3.05) is 0 Å². The minimum Gasteiger partial charge on any atom is -0.411 e. The number of benzene rings is 4. The number of hydrogen-bond donors (Lipinski definition) is 1. The summed E-state index contributed by atoms with van der Waals surface area (Å²) < 4.78 is 0. The first-order valence-corrected chi connectivity index (χ1v) is 23.1. The van der Waals surface area contributed by atoms with E-state index in [-0.39, 0.29) is 5.60 Å². The third-order valence-electron chi connectivity index (χ3n) is 6.18. The third-order valence-corrected chi connectivity index (χ3v) is 6.18. The molecule has 48 heavy (non-hydrogen) atoms. The Morgan fingerprint density at radius 1 is 0.729 bits per heavy atom. The Balaban J connectivity index is -0.000000597. The Bertz CT molecular complexity index is 1360. The fourth-order valence-electron chi connectivity index (χ4n) is 3.83. The van der Waals surface area contributed by atoms with Crippen LogP contribution in [0.4, 0.5) is 0 Å². The highest BCUT2D eigenvalue weighted by molar-refractivity contribution is 15.0. The number of aryl methyl sites for hydroxylation is 2. The van der Waals surface area contributed by atoms with Crippen LogP contribution in [0.5, 0.6) is 0 Å². The normalized spacial score (nSPS) is 13.2. The summed E-state index contributed by atoms with van der Waals surface area (Å²) in [5, 5.41) is 15.4.